The van der Waals surface area contributed by atoms with Crippen LogP contribution < -0.4 is 11.1 Å². The maximum absolute atomic E-state index is 11.7. The summed E-state index contributed by atoms with van der Waals surface area (Å²) in [7, 11) is 0. The first-order chi connectivity index (χ1) is 7.79. The van der Waals surface area contributed by atoms with Crippen LogP contribution in [0.5, 0.6) is 0 Å². The summed E-state index contributed by atoms with van der Waals surface area (Å²) in [6.07, 6.45) is 1.20. The van der Waals surface area contributed by atoms with E-state index >= 15 is 0 Å². The minimum Gasteiger partial charge on any atom is -0.480 e. The lowest BCUT2D eigenvalue weighted by molar-refractivity contribution is -0.142. The molecule has 0 aliphatic carbocycles. The van der Waals surface area contributed by atoms with E-state index in [1.807, 2.05) is 27.7 Å². The molecule has 0 aromatic heterocycles. The van der Waals surface area contributed by atoms with Crippen molar-refractivity contribution in [1.82, 2.24) is 5.32 Å². The molecule has 0 aromatic rings. The normalized spacial score (nSPS) is 16.4. The van der Waals surface area contributed by atoms with Gasteiger partial charge in [0.15, 0.2) is 0 Å². The van der Waals surface area contributed by atoms with Gasteiger partial charge in [-0.15, -0.1) is 0 Å². The van der Waals surface area contributed by atoms with E-state index in [-0.39, 0.29) is 17.7 Å². The smallest absolute Gasteiger partial charge is 0.326 e. The first-order valence-electron chi connectivity index (χ1n) is 6.08. The number of rotatable bonds is 7. The lowest BCUT2D eigenvalue weighted by Gasteiger charge is -2.22. The van der Waals surface area contributed by atoms with Crippen molar-refractivity contribution in [2.24, 2.45) is 17.6 Å². The molecule has 1 unspecified atom stereocenters. The minimum absolute atomic E-state index is 0.0449. The molecule has 0 radical (unpaired) electrons. The molecule has 0 saturated heterocycles. The Hall–Kier alpha value is -1.10. The number of hydrogen-bond donors (Lipinski definition) is 3. The first-order valence-corrected chi connectivity index (χ1v) is 6.08. The van der Waals surface area contributed by atoms with E-state index in [9.17, 15) is 9.59 Å². The van der Waals surface area contributed by atoms with Gasteiger partial charge in [0.2, 0.25) is 5.91 Å². The van der Waals surface area contributed by atoms with E-state index in [1.165, 1.54) is 0 Å². The van der Waals surface area contributed by atoms with Gasteiger partial charge in [-0.25, -0.2) is 4.79 Å². The molecule has 0 spiro atoms. The van der Waals surface area contributed by atoms with E-state index in [0.29, 0.717) is 6.42 Å². The van der Waals surface area contributed by atoms with E-state index < -0.39 is 18.1 Å². The van der Waals surface area contributed by atoms with Crippen molar-refractivity contribution in [3.05, 3.63) is 0 Å². The Bertz CT molecular complexity index is 266. The number of aliphatic carboxylic acids is 1. The summed E-state index contributed by atoms with van der Waals surface area (Å²) in [6.45, 7) is 7.65. The van der Waals surface area contributed by atoms with Gasteiger partial charge in [0.25, 0.3) is 0 Å². The Morgan fingerprint density at radius 3 is 2.18 bits per heavy atom. The molecule has 0 fully saturated rings. The zero-order chi connectivity index (χ0) is 13.6. The average molecular weight is 244 g/mol. The highest BCUT2D eigenvalue weighted by atomic mass is 16.4. The van der Waals surface area contributed by atoms with Crippen LogP contribution in [0, 0.1) is 11.8 Å². The molecule has 0 aliphatic rings. The van der Waals surface area contributed by atoms with Crippen LogP contribution in [-0.4, -0.2) is 29.1 Å². The number of carboxylic acid groups (broad SMARTS) is 1. The van der Waals surface area contributed by atoms with Gasteiger partial charge in [0, 0.05) is 0 Å². The second kappa shape index (κ2) is 7.27. The van der Waals surface area contributed by atoms with Crippen LogP contribution in [0.2, 0.25) is 0 Å². The average Bonchev–Trinajstić information content (AvgIpc) is 2.25. The van der Waals surface area contributed by atoms with Gasteiger partial charge in [-0.3, -0.25) is 4.79 Å². The SMILES string of the molecule is CCC(C)[C@H](N)C(=O)N[C@H](CC(C)C)C(=O)O. The Kier molecular flexibility index (Phi) is 6.80. The summed E-state index contributed by atoms with van der Waals surface area (Å²) in [4.78, 5) is 22.7. The summed E-state index contributed by atoms with van der Waals surface area (Å²) in [5, 5.41) is 11.5. The zero-order valence-electron chi connectivity index (χ0n) is 11.1. The second-order valence-corrected chi connectivity index (χ2v) is 4.94. The predicted molar refractivity (Wildman–Crippen MR) is 66.5 cm³/mol. The van der Waals surface area contributed by atoms with E-state index in [0.717, 1.165) is 6.42 Å². The van der Waals surface area contributed by atoms with Crippen molar-refractivity contribution in [2.75, 3.05) is 0 Å². The molecule has 0 rings (SSSR count). The number of hydrogen-bond acceptors (Lipinski definition) is 3. The van der Waals surface area contributed by atoms with Gasteiger partial charge in [0.1, 0.15) is 6.04 Å². The largest absolute Gasteiger partial charge is 0.480 e. The summed E-state index contributed by atoms with van der Waals surface area (Å²) < 4.78 is 0. The fourth-order valence-corrected chi connectivity index (χ4v) is 1.47. The Balaban J connectivity index is 4.45. The van der Waals surface area contributed by atoms with Crippen LogP contribution in [0.1, 0.15) is 40.5 Å². The molecule has 1 amide bonds. The highest BCUT2D eigenvalue weighted by molar-refractivity contribution is 5.86. The number of nitrogens with one attached hydrogen (secondary N) is 1. The van der Waals surface area contributed by atoms with Crippen LogP contribution in [0.4, 0.5) is 0 Å². The van der Waals surface area contributed by atoms with Gasteiger partial charge < -0.3 is 16.2 Å². The Morgan fingerprint density at radius 2 is 1.82 bits per heavy atom. The molecule has 4 N–H and O–H groups in total. The van der Waals surface area contributed by atoms with Crippen molar-refractivity contribution < 1.29 is 14.7 Å². The molecule has 5 heteroatoms. The molecule has 0 saturated carbocycles. The molecular weight excluding hydrogens is 220 g/mol. The molecule has 3 atom stereocenters. The van der Waals surface area contributed by atoms with Gasteiger partial charge in [-0.2, -0.15) is 0 Å². The van der Waals surface area contributed by atoms with Crippen molar-refractivity contribution in [3.8, 4) is 0 Å². The summed E-state index contributed by atoms with van der Waals surface area (Å²) in [5.74, 6) is -1.14. The predicted octanol–water partition coefficient (Wildman–Crippen LogP) is 0.975. The van der Waals surface area contributed by atoms with E-state index in [4.69, 9.17) is 10.8 Å². The third kappa shape index (κ3) is 5.68. The monoisotopic (exact) mass is 244 g/mol. The maximum Gasteiger partial charge on any atom is 0.326 e. The summed E-state index contributed by atoms with van der Waals surface area (Å²) in [6, 6.07) is -1.49. The summed E-state index contributed by atoms with van der Waals surface area (Å²) >= 11 is 0. The number of carbonyl (C=O) groups excluding carboxylic acids is 1. The third-order valence-corrected chi connectivity index (χ3v) is 2.88. The van der Waals surface area contributed by atoms with Gasteiger partial charge in [0.05, 0.1) is 6.04 Å². The van der Waals surface area contributed by atoms with Crippen LogP contribution in [0.25, 0.3) is 0 Å². The highest BCUT2D eigenvalue weighted by Crippen LogP contribution is 2.08. The molecule has 0 bridgehead atoms. The standard InChI is InChI=1S/C12H24N2O3/c1-5-8(4)10(13)11(15)14-9(12(16)17)6-7(2)3/h7-10H,5-6,13H2,1-4H3,(H,14,15)(H,16,17)/t8?,9-,10+/m1/s1. The molecule has 5 nitrogen and oxygen atoms in total. The van der Waals surface area contributed by atoms with Gasteiger partial charge in [-0.1, -0.05) is 34.1 Å². The van der Waals surface area contributed by atoms with Crippen LogP contribution in [-0.2, 0) is 9.59 Å². The number of nitrogens with two attached hydrogens (primary N) is 1. The lowest BCUT2D eigenvalue weighted by atomic mass is 9.98. The summed E-state index contributed by atoms with van der Waals surface area (Å²) in [5.41, 5.74) is 5.75. The van der Waals surface area contributed by atoms with Gasteiger partial charge in [-0.05, 0) is 18.3 Å². The fourth-order valence-electron chi connectivity index (χ4n) is 1.47. The number of amides is 1. The highest BCUT2D eigenvalue weighted by Gasteiger charge is 2.26. The number of carbonyl (C=O) groups is 2. The quantitative estimate of drug-likeness (QED) is 0.622. The Morgan fingerprint density at radius 1 is 1.29 bits per heavy atom. The maximum atomic E-state index is 11.7. The van der Waals surface area contributed by atoms with E-state index in [1.54, 1.807) is 0 Å². The first kappa shape index (κ1) is 15.9. The Labute approximate surface area is 103 Å². The third-order valence-electron chi connectivity index (χ3n) is 2.88. The molecular formula is C12H24N2O3. The van der Waals surface area contributed by atoms with Crippen molar-refractivity contribution in [1.29, 1.82) is 0 Å². The fraction of sp³-hybridized carbons (Fsp3) is 0.833. The second-order valence-electron chi connectivity index (χ2n) is 4.94. The van der Waals surface area contributed by atoms with Crippen LogP contribution in [0.3, 0.4) is 0 Å². The van der Waals surface area contributed by atoms with Crippen molar-refractivity contribution in [3.63, 3.8) is 0 Å². The van der Waals surface area contributed by atoms with E-state index in [2.05, 4.69) is 5.32 Å². The van der Waals surface area contributed by atoms with Crippen LogP contribution >= 0.6 is 0 Å². The topological polar surface area (TPSA) is 92.4 Å². The lowest BCUT2D eigenvalue weighted by Crippen LogP contribution is -2.51. The molecule has 0 heterocycles. The molecule has 0 aromatic carbocycles. The zero-order valence-corrected chi connectivity index (χ0v) is 11.1. The molecule has 100 valence electrons. The van der Waals surface area contributed by atoms with Crippen LogP contribution in [0.15, 0.2) is 0 Å². The van der Waals surface area contributed by atoms with Gasteiger partial charge >= 0.3 is 5.97 Å². The van der Waals surface area contributed by atoms with Crippen molar-refractivity contribution in [2.45, 2.75) is 52.6 Å². The number of carboxylic acids is 1. The minimum atomic E-state index is -1.01. The molecule has 0 aliphatic heterocycles. The van der Waals surface area contributed by atoms with Crippen molar-refractivity contribution >= 4 is 11.9 Å². The molecule has 17 heavy (non-hydrogen) atoms.